The fraction of sp³-hybridized carbons (Fsp3) is 0.240. The Hall–Kier alpha value is -2.69. The van der Waals surface area contributed by atoms with Crippen LogP contribution in [0.5, 0.6) is 11.5 Å². The molecule has 1 aromatic heterocycles. The lowest BCUT2D eigenvalue weighted by Crippen LogP contribution is -2.40. The number of hydrogen-bond donors (Lipinski definition) is 0. The molecule has 0 fully saturated rings. The molecule has 0 saturated carbocycles. The second-order valence-corrected chi connectivity index (χ2v) is 10.4. The van der Waals surface area contributed by atoms with Crippen LogP contribution in [-0.2, 0) is 9.53 Å². The molecule has 3 aromatic rings. The van der Waals surface area contributed by atoms with Crippen molar-refractivity contribution in [2.75, 3.05) is 20.8 Å². The number of carbonyl (C=O) groups excluding carboxylic acids is 1. The van der Waals surface area contributed by atoms with Crippen molar-refractivity contribution in [2.45, 2.75) is 19.9 Å². The third-order valence-electron chi connectivity index (χ3n) is 5.46. The van der Waals surface area contributed by atoms with E-state index in [1.165, 1.54) is 18.4 Å². The topological polar surface area (TPSA) is 79.1 Å². The molecular formula is C25H22Br2N2O5S. The maximum Gasteiger partial charge on any atom is 0.338 e. The first-order valence-electron chi connectivity index (χ1n) is 10.7. The van der Waals surface area contributed by atoms with Gasteiger partial charge < -0.3 is 14.2 Å². The second kappa shape index (κ2) is 10.5. The summed E-state index contributed by atoms with van der Waals surface area (Å²) >= 11 is 8.34. The van der Waals surface area contributed by atoms with E-state index in [-0.39, 0.29) is 12.2 Å². The Bertz CT molecular complexity index is 1520. The summed E-state index contributed by atoms with van der Waals surface area (Å²) in [6.45, 7) is 3.68. The Kier molecular flexibility index (Phi) is 7.63. The van der Waals surface area contributed by atoms with Crippen LogP contribution < -0.4 is 24.4 Å². The summed E-state index contributed by atoms with van der Waals surface area (Å²) < 4.78 is 19.9. The van der Waals surface area contributed by atoms with E-state index in [0.717, 1.165) is 10.0 Å². The van der Waals surface area contributed by atoms with Gasteiger partial charge in [-0.3, -0.25) is 9.36 Å². The maximum atomic E-state index is 13.7. The molecule has 10 heteroatoms. The SMILES string of the molecule is CCOC(=O)C1=C(C)N=c2sc(=Cc3cccc(Br)c3)c(=O)n2[C@H]1c1cc(OC)c(OC)cc1Br. The first-order chi connectivity index (χ1) is 16.8. The zero-order valence-electron chi connectivity index (χ0n) is 19.4. The van der Waals surface area contributed by atoms with Gasteiger partial charge in [-0.15, -0.1) is 0 Å². The summed E-state index contributed by atoms with van der Waals surface area (Å²) in [6, 6.07) is 10.4. The quantitative estimate of drug-likeness (QED) is 0.383. The van der Waals surface area contributed by atoms with Gasteiger partial charge in [0.25, 0.3) is 5.56 Å². The predicted octanol–water partition coefficient (Wildman–Crippen LogP) is 4.34. The molecule has 0 aliphatic carbocycles. The molecule has 1 aliphatic heterocycles. The molecule has 1 atom stereocenters. The fourth-order valence-electron chi connectivity index (χ4n) is 3.91. The monoisotopic (exact) mass is 620 g/mol. The minimum absolute atomic E-state index is 0.197. The van der Waals surface area contributed by atoms with Crippen LogP contribution in [0.3, 0.4) is 0 Å². The van der Waals surface area contributed by atoms with E-state index in [1.807, 2.05) is 30.3 Å². The molecule has 182 valence electrons. The normalized spacial score (nSPS) is 15.5. The fourth-order valence-corrected chi connectivity index (χ4v) is 5.92. The molecule has 0 amide bonds. The Morgan fingerprint density at radius 1 is 1.17 bits per heavy atom. The van der Waals surface area contributed by atoms with Crippen molar-refractivity contribution in [2.24, 2.45) is 4.99 Å². The molecule has 0 radical (unpaired) electrons. The predicted molar refractivity (Wildman–Crippen MR) is 142 cm³/mol. The number of esters is 1. The molecule has 2 heterocycles. The standard InChI is InChI=1S/C25H22Br2N2O5S/c1-5-34-24(31)21-13(2)28-25-29(22(21)16-11-18(32-3)19(33-4)12-17(16)27)23(30)20(35-25)10-14-7-6-8-15(26)9-14/h6-12,22H,5H2,1-4H3/t22-/m0/s1. The van der Waals surface area contributed by atoms with E-state index in [0.29, 0.717) is 42.1 Å². The summed E-state index contributed by atoms with van der Waals surface area (Å²) in [5.41, 5.74) is 2.05. The van der Waals surface area contributed by atoms with Crippen LogP contribution in [0.4, 0.5) is 0 Å². The van der Waals surface area contributed by atoms with Crippen molar-refractivity contribution in [3.63, 3.8) is 0 Å². The molecule has 35 heavy (non-hydrogen) atoms. The van der Waals surface area contributed by atoms with Gasteiger partial charge in [0, 0.05) is 8.95 Å². The third kappa shape index (κ3) is 4.87. The minimum atomic E-state index is -0.774. The van der Waals surface area contributed by atoms with Gasteiger partial charge in [0.05, 0.1) is 42.7 Å². The van der Waals surface area contributed by atoms with Crippen molar-refractivity contribution in [1.29, 1.82) is 0 Å². The van der Waals surface area contributed by atoms with Crippen LogP contribution in [0, 0.1) is 0 Å². The van der Waals surface area contributed by atoms with Crippen molar-refractivity contribution in [1.82, 2.24) is 4.57 Å². The molecule has 0 spiro atoms. The average molecular weight is 622 g/mol. The zero-order valence-corrected chi connectivity index (χ0v) is 23.4. The van der Waals surface area contributed by atoms with Gasteiger partial charge in [-0.2, -0.15) is 0 Å². The number of nitrogens with zero attached hydrogens (tertiary/aromatic N) is 2. The lowest BCUT2D eigenvalue weighted by Gasteiger charge is -2.26. The van der Waals surface area contributed by atoms with Crippen molar-refractivity contribution >= 4 is 55.2 Å². The molecule has 2 aromatic carbocycles. The molecule has 0 saturated heterocycles. The molecule has 1 aliphatic rings. The molecule has 4 rings (SSSR count). The van der Waals surface area contributed by atoms with Crippen molar-refractivity contribution < 1.29 is 19.0 Å². The number of aromatic nitrogens is 1. The van der Waals surface area contributed by atoms with E-state index in [2.05, 4.69) is 36.9 Å². The highest BCUT2D eigenvalue weighted by Crippen LogP contribution is 2.40. The van der Waals surface area contributed by atoms with Crippen molar-refractivity contribution in [3.8, 4) is 11.5 Å². The first kappa shape index (κ1) is 25.4. The highest BCUT2D eigenvalue weighted by molar-refractivity contribution is 9.10. The molecular weight excluding hydrogens is 600 g/mol. The van der Waals surface area contributed by atoms with Crippen LogP contribution >= 0.6 is 43.2 Å². The van der Waals surface area contributed by atoms with Gasteiger partial charge in [-0.05, 0) is 55.3 Å². The first-order valence-corrected chi connectivity index (χ1v) is 13.1. The van der Waals surface area contributed by atoms with Gasteiger partial charge in [0.15, 0.2) is 16.3 Å². The molecule has 0 unspecified atom stereocenters. The van der Waals surface area contributed by atoms with E-state index >= 15 is 0 Å². The van der Waals surface area contributed by atoms with Crippen LogP contribution in [-0.4, -0.2) is 31.4 Å². The minimum Gasteiger partial charge on any atom is -0.493 e. The second-order valence-electron chi connectivity index (χ2n) is 7.59. The number of rotatable bonds is 6. The number of ether oxygens (including phenoxy) is 3. The summed E-state index contributed by atoms with van der Waals surface area (Å²) in [4.78, 5) is 31.9. The van der Waals surface area contributed by atoms with E-state index in [1.54, 1.807) is 37.7 Å². The Labute approximate surface area is 222 Å². The van der Waals surface area contributed by atoms with Crippen molar-refractivity contribution in [3.05, 3.63) is 87.4 Å². The van der Waals surface area contributed by atoms with Crippen LogP contribution in [0.2, 0.25) is 0 Å². The third-order valence-corrected chi connectivity index (χ3v) is 7.62. The van der Waals surface area contributed by atoms with Crippen LogP contribution in [0.15, 0.2) is 66.4 Å². The smallest absolute Gasteiger partial charge is 0.338 e. The Balaban J connectivity index is 2.02. The largest absolute Gasteiger partial charge is 0.493 e. The lowest BCUT2D eigenvalue weighted by molar-refractivity contribution is -0.139. The summed E-state index contributed by atoms with van der Waals surface area (Å²) in [5.74, 6) is 0.463. The number of thiazole rings is 1. The van der Waals surface area contributed by atoms with Crippen LogP contribution in [0.1, 0.15) is 31.0 Å². The summed E-state index contributed by atoms with van der Waals surface area (Å²) in [5, 5.41) is 0. The highest BCUT2D eigenvalue weighted by Gasteiger charge is 2.35. The molecule has 0 N–H and O–H groups in total. The summed E-state index contributed by atoms with van der Waals surface area (Å²) in [6.07, 6.45) is 1.82. The molecule has 7 nitrogen and oxygen atoms in total. The van der Waals surface area contributed by atoms with Gasteiger partial charge in [0.2, 0.25) is 0 Å². The van der Waals surface area contributed by atoms with E-state index < -0.39 is 12.0 Å². The maximum absolute atomic E-state index is 13.7. The number of benzene rings is 2. The highest BCUT2D eigenvalue weighted by atomic mass is 79.9. The number of methoxy groups -OCH3 is 2. The summed E-state index contributed by atoms with van der Waals surface area (Å²) in [7, 11) is 3.08. The Morgan fingerprint density at radius 3 is 2.54 bits per heavy atom. The molecule has 0 bridgehead atoms. The van der Waals surface area contributed by atoms with Gasteiger partial charge in [-0.1, -0.05) is 55.3 Å². The number of carbonyl (C=O) groups is 1. The van der Waals surface area contributed by atoms with E-state index in [4.69, 9.17) is 14.2 Å². The van der Waals surface area contributed by atoms with E-state index in [9.17, 15) is 9.59 Å². The number of hydrogen-bond acceptors (Lipinski definition) is 7. The average Bonchev–Trinajstić information content (AvgIpc) is 3.12. The number of allylic oxidation sites excluding steroid dienone is 1. The van der Waals surface area contributed by atoms with Gasteiger partial charge in [-0.25, -0.2) is 9.79 Å². The number of fused-ring (bicyclic) bond motifs is 1. The lowest BCUT2D eigenvalue weighted by atomic mass is 9.95. The van der Waals surface area contributed by atoms with Gasteiger partial charge in [0.1, 0.15) is 0 Å². The van der Waals surface area contributed by atoms with Gasteiger partial charge >= 0.3 is 5.97 Å². The Morgan fingerprint density at radius 2 is 1.89 bits per heavy atom. The zero-order chi connectivity index (χ0) is 25.3. The number of halogens is 2. The van der Waals surface area contributed by atoms with Crippen LogP contribution in [0.25, 0.3) is 6.08 Å².